The molecule has 0 aliphatic carbocycles. The van der Waals surface area contributed by atoms with E-state index in [0.29, 0.717) is 38.0 Å². The molecule has 1 atom stereocenters. The van der Waals surface area contributed by atoms with E-state index in [1.807, 2.05) is 0 Å². The molecule has 0 bridgehead atoms. The molecule has 0 aromatic heterocycles. The van der Waals surface area contributed by atoms with E-state index < -0.39 is 7.92 Å². The van der Waals surface area contributed by atoms with Gasteiger partial charge in [0.1, 0.15) is 0 Å². The number of carbonyl (C=O) groups excluding carboxylic acids is 4. The summed E-state index contributed by atoms with van der Waals surface area (Å²) in [6.07, 6.45) is 31.0. The molecule has 1 unspecified atom stereocenters. The average molecular weight is 772 g/mol. The van der Waals surface area contributed by atoms with Crippen molar-refractivity contribution in [3.05, 3.63) is 0 Å². The Morgan fingerprint density at radius 1 is 0.415 bits per heavy atom. The van der Waals surface area contributed by atoms with Gasteiger partial charge in [-0.05, 0) is 105 Å². The van der Waals surface area contributed by atoms with Gasteiger partial charge in [-0.1, -0.05) is 96.3 Å². The Kier molecular flexibility index (Phi) is 38.9. The quantitative estimate of drug-likeness (QED) is 0.0260. The SMILES string of the molecule is COCCCCCCCCCOC(=O)CCCCCCCP(CCCCCCCC(=O)OCCCCCCCCC(=O)OC)C(=O)CCCCN(C)C. The van der Waals surface area contributed by atoms with Gasteiger partial charge >= 0.3 is 17.9 Å². The minimum atomic E-state index is -0.583. The van der Waals surface area contributed by atoms with Crippen LogP contribution in [0.3, 0.4) is 0 Å². The smallest absolute Gasteiger partial charge is 0.305 e. The second kappa shape index (κ2) is 40.1. The molecule has 0 saturated heterocycles. The molecule has 0 saturated carbocycles. The first-order valence-corrected chi connectivity index (χ1v) is 23.3. The van der Waals surface area contributed by atoms with Crippen molar-refractivity contribution in [3.63, 3.8) is 0 Å². The summed E-state index contributed by atoms with van der Waals surface area (Å²) in [5.74, 6) is -0.288. The molecule has 0 aliphatic heterocycles. The van der Waals surface area contributed by atoms with Gasteiger partial charge in [0.15, 0.2) is 5.52 Å². The van der Waals surface area contributed by atoms with E-state index >= 15 is 0 Å². The second-order valence-corrected chi connectivity index (χ2v) is 17.5. The summed E-state index contributed by atoms with van der Waals surface area (Å²) in [6.45, 7) is 2.94. The molecule has 9 nitrogen and oxygen atoms in total. The zero-order chi connectivity index (χ0) is 39.0. The van der Waals surface area contributed by atoms with E-state index in [1.54, 1.807) is 7.11 Å². The largest absolute Gasteiger partial charge is 0.469 e. The van der Waals surface area contributed by atoms with Crippen molar-refractivity contribution >= 4 is 31.4 Å². The predicted octanol–water partition coefficient (Wildman–Crippen LogP) is 10.8. The maximum atomic E-state index is 13.2. The Balaban J connectivity index is 4.02. The zero-order valence-corrected chi connectivity index (χ0v) is 35.8. The molecule has 0 radical (unpaired) electrons. The number of unbranched alkanes of at least 4 members (excludes halogenated alkanes) is 20. The molecule has 0 rings (SSSR count). The van der Waals surface area contributed by atoms with Crippen LogP contribution in [0, 0.1) is 0 Å². The van der Waals surface area contributed by atoms with Crippen molar-refractivity contribution in [2.24, 2.45) is 0 Å². The van der Waals surface area contributed by atoms with Crippen LogP contribution in [0.5, 0.6) is 0 Å². The van der Waals surface area contributed by atoms with Gasteiger partial charge in [0.05, 0.1) is 20.3 Å². The van der Waals surface area contributed by atoms with E-state index in [0.717, 1.165) is 167 Å². The summed E-state index contributed by atoms with van der Waals surface area (Å²) >= 11 is 0. The fraction of sp³-hybridized carbons (Fsp3) is 0.907. The molecular weight excluding hydrogens is 689 g/mol. The minimum absolute atomic E-state index is 0.0584. The van der Waals surface area contributed by atoms with E-state index in [2.05, 4.69) is 23.7 Å². The van der Waals surface area contributed by atoms with Crippen LogP contribution in [0.4, 0.5) is 0 Å². The fourth-order valence-electron chi connectivity index (χ4n) is 6.36. The van der Waals surface area contributed by atoms with Crippen molar-refractivity contribution in [2.45, 2.75) is 186 Å². The molecule has 53 heavy (non-hydrogen) atoms. The zero-order valence-electron chi connectivity index (χ0n) is 34.9. The lowest BCUT2D eigenvalue weighted by Crippen LogP contribution is -2.13. The fourth-order valence-corrected chi connectivity index (χ4v) is 8.76. The van der Waals surface area contributed by atoms with Gasteiger partial charge in [-0.2, -0.15) is 0 Å². The molecule has 10 heteroatoms. The lowest BCUT2D eigenvalue weighted by molar-refractivity contribution is -0.144. The van der Waals surface area contributed by atoms with Gasteiger partial charge in [0.25, 0.3) is 0 Å². The van der Waals surface area contributed by atoms with Gasteiger partial charge in [0, 0.05) is 39.4 Å². The lowest BCUT2D eigenvalue weighted by Gasteiger charge is -2.17. The van der Waals surface area contributed by atoms with Gasteiger partial charge in [-0.15, -0.1) is 0 Å². The summed E-state index contributed by atoms with van der Waals surface area (Å²) in [5, 5.41) is 0. The maximum Gasteiger partial charge on any atom is 0.305 e. The molecular formula is C43H82NO8P. The number of carbonyl (C=O) groups is 4. The first-order chi connectivity index (χ1) is 25.8. The molecule has 0 aliphatic rings. The van der Waals surface area contributed by atoms with Crippen LogP contribution in [-0.4, -0.2) is 95.3 Å². The third kappa shape index (κ3) is 38.5. The van der Waals surface area contributed by atoms with Crippen molar-refractivity contribution in [1.82, 2.24) is 4.90 Å². The van der Waals surface area contributed by atoms with Gasteiger partial charge in [0.2, 0.25) is 0 Å². The highest BCUT2D eigenvalue weighted by Crippen LogP contribution is 2.41. The first-order valence-electron chi connectivity index (χ1n) is 21.6. The average Bonchev–Trinajstić information content (AvgIpc) is 3.14. The van der Waals surface area contributed by atoms with Gasteiger partial charge in [-0.3, -0.25) is 19.2 Å². The molecule has 0 spiro atoms. The Morgan fingerprint density at radius 2 is 0.774 bits per heavy atom. The molecule has 0 fully saturated rings. The van der Waals surface area contributed by atoms with Crippen molar-refractivity contribution in [3.8, 4) is 0 Å². The predicted molar refractivity (Wildman–Crippen MR) is 220 cm³/mol. The number of methoxy groups -OCH3 is 2. The number of hydrogen-bond acceptors (Lipinski definition) is 9. The Morgan fingerprint density at radius 3 is 1.19 bits per heavy atom. The Bertz CT molecular complexity index is 871. The molecule has 312 valence electrons. The first kappa shape index (κ1) is 51.4. The van der Waals surface area contributed by atoms with E-state index in [4.69, 9.17) is 14.2 Å². The van der Waals surface area contributed by atoms with Gasteiger partial charge < -0.3 is 23.8 Å². The summed E-state index contributed by atoms with van der Waals surface area (Å²) in [5.41, 5.74) is 0.505. The molecule has 0 amide bonds. The van der Waals surface area contributed by atoms with E-state index in [-0.39, 0.29) is 17.9 Å². The maximum absolute atomic E-state index is 13.2. The number of nitrogens with zero attached hydrogens (tertiary/aromatic N) is 1. The summed E-state index contributed by atoms with van der Waals surface area (Å²) in [4.78, 5) is 50.7. The second-order valence-electron chi connectivity index (χ2n) is 15.0. The Hall–Kier alpha value is -1.57. The summed E-state index contributed by atoms with van der Waals surface area (Å²) < 4.78 is 20.6. The van der Waals surface area contributed by atoms with Crippen LogP contribution >= 0.6 is 7.92 Å². The molecule has 0 N–H and O–H groups in total. The van der Waals surface area contributed by atoms with Crippen LogP contribution in [-0.2, 0) is 38.1 Å². The highest BCUT2D eigenvalue weighted by atomic mass is 31.1. The minimum Gasteiger partial charge on any atom is -0.469 e. The third-order valence-corrected chi connectivity index (χ3v) is 12.4. The highest BCUT2D eigenvalue weighted by molar-refractivity contribution is 7.74. The highest BCUT2D eigenvalue weighted by Gasteiger charge is 2.17. The number of ether oxygens (including phenoxy) is 4. The van der Waals surface area contributed by atoms with Crippen LogP contribution in [0.1, 0.15) is 186 Å². The topological polar surface area (TPSA) is 108 Å². The van der Waals surface area contributed by atoms with Crippen LogP contribution < -0.4 is 0 Å². The molecule has 0 heterocycles. The van der Waals surface area contributed by atoms with E-state index in [1.165, 1.54) is 32.8 Å². The standard InChI is InChI=1S/C43H82NO8P/c1-44(2)34-24-23-33-43(48)53(38-28-18-10-13-21-31-41(46)51-36-26-16-8-5-7-15-25-35-49-3)39-29-19-11-14-22-32-42(47)52-37-27-17-9-6-12-20-30-40(45)50-4/h5-39H2,1-4H3. The number of esters is 3. The monoisotopic (exact) mass is 772 g/mol. The third-order valence-electron chi connectivity index (χ3n) is 9.74. The molecule has 0 aromatic rings. The number of rotatable bonds is 41. The van der Waals surface area contributed by atoms with Crippen LogP contribution in [0.2, 0.25) is 0 Å². The normalized spacial score (nSPS) is 11.9. The summed E-state index contributed by atoms with van der Waals surface area (Å²) in [7, 11) is 6.76. The lowest BCUT2D eigenvalue weighted by atomic mass is 10.1. The molecule has 0 aromatic carbocycles. The summed E-state index contributed by atoms with van der Waals surface area (Å²) in [6, 6.07) is 0. The van der Waals surface area contributed by atoms with Crippen molar-refractivity contribution < 1.29 is 38.1 Å². The van der Waals surface area contributed by atoms with Crippen LogP contribution in [0.25, 0.3) is 0 Å². The number of hydrogen-bond donors (Lipinski definition) is 0. The Labute approximate surface area is 326 Å². The van der Waals surface area contributed by atoms with Crippen molar-refractivity contribution in [1.29, 1.82) is 0 Å². The van der Waals surface area contributed by atoms with Crippen molar-refractivity contribution in [2.75, 3.05) is 67.0 Å². The van der Waals surface area contributed by atoms with E-state index in [9.17, 15) is 19.2 Å². The van der Waals surface area contributed by atoms with Gasteiger partial charge in [-0.25, -0.2) is 0 Å². The van der Waals surface area contributed by atoms with Crippen LogP contribution in [0.15, 0.2) is 0 Å².